The van der Waals surface area contributed by atoms with Crippen LogP contribution in [0.2, 0.25) is 0 Å². The van der Waals surface area contributed by atoms with Crippen molar-refractivity contribution in [1.29, 1.82) is 0 Å². The van der Waals surface area contributed by atoms with Crippen LogP contribution in [0.5, 0.6) is 5.75 Å². The molecule has 2 aromatic heterocycles. The highest BCUT2D eigenvalue weighted by Gasteiger charge is 2.35. The van der Waals surface area contributed by atoms with Crippen LogP contribution in [-0.4, -0.2) is 29.2 Å². The second-order valence-corrected chi connectivity index (χ2v) is 9.00. The molecule has 36 heavy (non-hydrogen) atoms. The first kappa shape index (κ1) is 23.4. The standard InChI is InChI=1S/C28H23N3O4S/c1-3-35-27(33)23-24(19-8-5-4-6-9-19)30-28-31(25(23)20-10-7-11-21(17-20)34-2)26(32)22(36-28)16-18-12-14-29-15-13-18/h4-17,25H,3H2,1-2H3/t25-/m0/s1. The van der Waals surface area contributed by atoms with Gasteiger partial charge in [-0.3, -0.25) is 14.3 Å². The van der Waals surface area contributed by atoms with Crippen LogP contribution in [0.4, 0.5) is 0 Å². The molecule has 0 spiro atoms. The summed E-state index contributed by atoms with van der Waals surface area (Å²) in [5.41, 5.74) is 2.88. The Balaban J connectivity index is 1.85. The summed E-state index contributed by atoms with van der Waals surface area (Å²) in [5.74, 6) is 0.101. The van der Waals surface area contributed by atoms with Gasteiger partial charge in [0.2, 0.25) is 0 Å². The number of hydrogen-bond acceptors (Lipinski definition) is 7. The van der Waals surface area contributed by atoms with Gasteiger partial charge in [0.05, 0.1) is 35.6 Å². The van der Waals surface area contributed by atoms with Crippen molar-refractivity contribution >= 4 is 29.1 Å². The maximum atomic E-state index is 13.8. The average molecular weight is 498 g/mol. The number of nitrogens with zero attached hydrogens (tertiary/aromatic N) is 3. The van der Waals surface area contributed by atoms with E-state index in [4.69, 9.17) is 14.5 Å². The van der Waals surface area contributed by atoms with Crippen LogP contribution >= 0.6 is 11.3 Å². The number of aromatic nitrogens is 2. The first-order valence-corrected chi connectivity index (χ1v) is 12.2. The molecular formula is C28H23N3O4S. The zero-order valence-corrected chi connectivity index (χ0v) is 20.6. The lowest BCUT2D eigenvalue weighted by Crippen LogP contribution is -2.40. The van der Waals surface area contributed by atoms with Crippen molar-refractivity contribution in [3.8, 4) is 5.75 Å². The lowest BCUT2D eigenvalue weighted by atomic mass is 9.93. The molecule has 0 aliphatic carbocycles. The first-order chi connectivity index (χ1) is 17.6. The van der Waals surface area contributed by atoms with E-state index in [0.717, 1.165) is 16.7 Å². The van der Waals surface area contributed by atoms with E-state index in [1.165, 1.54) is 11.3 Å². The van der Waals surface area contributed by atoms with Crippen molar-refractivity contribution in [3.63, 3.8) is 0 Å². The third-order valence-electron chi connectivity index (χ3n) is 5.79. The lowest BCUT2D eigenvalue weighted by Gasteiger charge is -2.26. The molecule has 0 amide bonds. The fourth-order valence-electron chi connectivity index (χ4n) is 4.18. The Bertz CT molecular complexity index is 1620. The largest absolute Gasteiger partial charge is 0.497 e. The molecule has 5 rings (SSSR count). The van der Waals surface area contributed by atoms with Gasteiger partial charge in [0.1, 0.15) is 5.75 Å². The van der Waals surface area contributed by atoms with Gasteiger partial charge >= 0.3 is 5.97 Å². The molecule has 7 nitrogen and oxygen atoms in total. The van der Waals surface area contributed by atoms with E-state index in [2.05, 4.69) is 4.98 Å². The number of rotatable bonds is 6. The summed E-state index contributed by atoms with van der Waals surface area (Å²) in [6.07, 6.45) is 5.16. The summed E-state index contributed by atoms with van der Waals surface area (Å²) in [6.45, 7) is 1.95. The van der Waals surface area contributed by atoms with Crippen LogP contribution in [0, 0.1) is 0 Å². The number of esters is 1. The van der Waals surface area contributed by atoms with E-state index < -0.39 is 12.0 Å². The molecule has 0 radical (unpaired) electrons. The normalized spacial score (nSPS) is 15.3. The minimum Gasteiger partial charge on any atom is -0.497 e. The van der Waals surface area contributed by atoms with Gasteiger partial charge in [-0.05, 0) is 48.4 Å². The number of carbonyl (C=O) groups is 1. The zero-order valence-electron chi connectivity index (χ0n) is 19.8. The van der Waals surface area contributed by atoms with Gasteiger partial charge in [0.25, 0.3) is 5.56 Å². The molecule has 0 bridgehead atoms. The van der Waals surface area contributed by atoms with Crippen molar-refractivity contribution in [1.82, 2.24) is 9.55 Å². The van der Waals surface area contributed by atoms with Crippen LogP contribution < -0.4 is 19.6 Å². The highest BCUT2D eigenvalue weighted by atomic mass is 32.1. The van der Waals surface area contributed by atoms with Crippen LogP contribution in [0.1, 0.15) is 29.7 Å². The Hall–Kier alpha value is -4.30. The van der Waals surface area contributed by atoms with Crippen molar-refractivity contribution in [2.45, 2.75) is 13.0 Å². The van der Waals surface area contributed by atoms with Gasteiger partial charge in [-0.15, -0.1) is 0 Å². The van der Waals surface area contributed by atoms with E-state index in [1.54, 1.807) is 31.0 Å². The van der Waals surface area contributed by atoms with Crippen LogP contribution in [-0.2, 0) is 9.53 Å². The van der Waals surface area contributed by atoms with Gasteiger partial charge in [-0.1, -0.05) is 53.8 Å². The van der Waals surface area contributed by atoms with Crippen molar-refractivity contribution in [2.75, 3.05) is 13.7 Å². The maximum Gasteiger partial charge on any atom is 0.338 e. The quantitative estimate of drug-likeness (QED) is 0.382. The number of pyridine rings is 1. The number of carbonyl (C=O) groups excluding carboxylic acids is 1. The van der Waals surface area contributed by atoms with Gasteiger partial charge in [0, 0.05) is 18.0 Å². The van der Waals surface area contributed by atoms with Crippen molar-refractivity contribution < 1.29 is 14.3 Å². The Morgan fingerprint density at radius 2 is 1.86 bits per heavy atom. The maximum absolute atomic E-state index is 13.8. The first-order valence-electron chi connectivity index (χ1n) is 11.4. The van der Waals surface area contributed by atoms with E-state index in [-0.39, 0.29) is 12.2 Å². The van der Waals surface area contributed by atoms with Crippen molar-refractivity contribution in [2.24, 2.45) is 4.99 Å². The third kappa shape index (κ3) is 4.38. The monoisotopic (exact) mass is 497 g/mol. The number of hydrogen-bond donors (Lipinski definition) is 0. The molecule has 0 saturated heterocycles. The number of benzene rings is 2. The van der Waals surface area contributed by atoms with Crippen molar-refractivity contribution in [3.05, 3.63) is 121 Å². The number of methoxy groups -OCH3 is 1. The molecular weight excluding hydrogens is 474 g/mol. The second kappa shape index (κ2) is 10.1. The molecule has 1 aliphatic heterocycles. The number of thiazole rings is 1. The molecule has 0 saturated carbocycles. The third-order valence-corrected chi connectivity index (χ3v) is 6.77. The molecule has 2 aromatic carbocycles. The Morgan fingerprint density at radius 1 is 1.08 bits per heavy atom. The van der Waals surface area contributed by atoms with E-state index in [9.17, 15) is 9.59 Å². The Labute approximate surface area is 211 Å². The van der Waals surface area contributed by atoms with E-state index in [0.29, 0.717) is 26.4 Å². The summed E-state index contributed by atoms with van der Waals surface area (Å²) in [4.78, 5) is 36.6. The van der Waals surface area contributed by atoms with Gasteiger partial charge in [-0.25, -0.2) is 9.79 Å². The highest BCUT2D eigenvalue weighted by Crippen LogP contribution is 2.36. The van der Waals surface area contributed by atoms with Gasteiger partial charge < -0.3 is 9.47 Å². The number of fused-ring (bicyclic) bond motifs is 1. The molecule has 180 valence electrons. The molecule has 0 N–H and O–H groups in total. The number of ether oxygens (including phenoxy) is 2. The summed E-state index contributed by atoms with van der Waals surface area (Å²) in [5, 5.41) is 0. The van der Waals surface area contributed by atoms with E-state index in [1.807, 2.05) is 72.8 Å². The summed E-state index contributed by atoms with van der Waals surface area (Å²) >= 11 is 1.28. The minimum atomic E-state index is -0.745. The molecule has 0 fully saturated rings. The summed E-state index contributed by atoms with van der Waals surface area (Å²) in [6, 6.07) is 19.8. The van der Waals surface area contributed by atoms with Gasteiger partial charge in [-0.2, -0.15) is 0 Å². The van der Waals surface area contributed by atoms with E-state index >= 15 is 0 Å². The Morgan fingerprint density at radius 3 is 2.58 bits per heavy atom. The Kier molecular flexibility index (Phi) is 6.60. The summed E-state index contributed by atoms with van der Waals surface area (Å²) in [7, 11) is 1.58. The predicted molar refractivity (Wildman–Crippen MR) is 138 cm³/mol. The minimum absolute atomic E-state index is 0.196. The zero-order chi connectivity index (χ0) is 25.1. The molecule has 3 heterocycles. The molecule has 1 aliphatic rings. The summed E-state index contributed by atoms with van der Waals surface area (Å²) < 4.78 is 13.0. The topological polar surface area (TPSA) is 82.8 Å². The molecule has 1 atom stereocenters. The van der Waals surface area contributed by atoms with Gasteiger partial charge in [0.15, 0.2) is 4.80 Å². The average Bonchev–Trinajstić information content (AvgIpc) is 3.23. The second-order valence-electron chi connectivity index (χ2n) is 7.99. The fraction of sp³-hybridized carbons (Fsp3) is 0.143. The van der Waals surface area contributed by atoms with Crippen LogP contribution in [0.3, 0.4) is 0 Å². The lowest BCUT2D eigenvalue weighted by molar-refractivity contribution is -0.138. The smallest absolute Gasteiger partial charge is 0.338 e. The highest BCUT2D eigenvalue weighted by molar-refractivity contribution is 7.07. The predicted octanol–water partition coefficient (Wildman–Crippen LogP) is 3.34. The van der Waals surface area contributed by atoms with Crippen LogP contribution in [0.25, 0.3) is 11.8 Å². The fourth-order valence-corrected chi connectivity index (χ4v) is 5.18. The molecule has 4 aromatic rings. The molecule has 8 heteroatoms. The SMILES string of the molecule is CCOC(=O)C1=C(c2ccccc2)N=c2sc(=Cc3ccncc3)c(=O)n2[C@H]1c1cccc(OC)c1. The van der Waals surface area contributed by atoms with Crippen LogP contribution in [0.15, 0.2) is 94.5 Å². The molecule has 0 unspecified atom stereocenters.